The zero-order valence-corrected chi connectivity index (χ0v) is 19.0. The van der Waals surface area contributed by atoms with Crippen molar-refractivity contribution >= 4 is 35.1 Å². The summed E-state index contributed by atoms with van der Waals surface area (Å²) in [5.41, 5.74) is 3.68. The summed E-state index contributed by atoms with van der Waals surface area (Å²) >= 11 is 8.17. The van der Waals surface area contributed by atoms with E-state index in [1.54, 1.807) is 11.8 Å². The molecule has 0 saturated heterocycles. The Morgan fingerprint density at radius 1 is 1.13 bits per heavy atom. The van der Waals surface area contributed by atoms with Gasteiger partial charge in [-0.15, -0.1) is 5.10 Å². The maximum absolute atomic E-state index is 13.3. The molecule has 0 fully saturated rings. The van der Waals surface area contributed by atoms with Gasteiger partial charge < -0.3 is 5.32 Å². The van der Waals surface area contributed by atoms with E-state index >= 15 is 0 Å². The molecule has 1 aromatic heterocycles. The van der Waals surface area contributed by atoms with Gasteiger partial charge in [-0.05, 0) is 23.5 Å². The third-order valence-electron chi connectivity index (χ3n) is 5.72. The van der Waals surface area contributed by atoms with Crippen molar-refractivity contribution < 1.29 is 4.79 Å². The number of anilines is 1. The van der Waals surface area contributed by atoms with Crippen molar-refractivity contribution in [2.24, 2.45) is 5.41 Å². The molecule has 0 unspecified atom stereocenters. The number of Topliss-reactive ketones (excluding diaryl/α,β-unsaturated/α-hetero) is 1. The summed E-state index contributed by atoms with van der Waals surface area (Å²) in [6.07, 6.45) is 1.29. The Balaban J connectivity index is 1.56. The van der Waals surface area contributed by atoms with Gasteiger partial charge >= 0.3 is 0 Å². The van der Waals surface area contributed by atoms with E-state index in [4.69, 9.17) is 21.7 Å². The van der Waals surface area contributed by atoms with E-state index in [1.807, 2.05) is 47.1 Å². The smallest absolute Gasteiger partial charge is 0.227 e. The number of benzene rings is 2. The molecule has 7 heteroatoms. The topological polar surface area (TPSA) is 59.8 Å². The van der Waals surface area contributed by atoms with Crippen LogP contribution in [0.25, 0.3) is 0 Å². The number of carbonyl (C=O) groups excluding carboxylic acids is 1. The molecule has 0 saturated carbocycles. The number of nitrogens with zero attached hydrogens (tertiary/aromatic N) is 3. The molecule has 31 heavy (non-hydrogen) atoms. The molecule has 5 nitrogen and oxygen atoms in total. The van der Waals surface area contributed by atoms with Gasteiger partial charge in [0.05, 0.1) is 0 Å². The molecule has 0 spiro atoms. The summed E-state index contributed by atoms with van der Waals surface area (Å²) in [6, 6.07) is 17.6. The van der Waals surface area contributed by atoms with Crippen LogP contribution >= 0.6 is 23.4 Å². The molecule has 3 aromatic rings. The first kappa shape index (κ1) is 20.3. The Morgan fingerprint density at radius 2 is 1.87 bits per heavy atom. The fourth-order valence-electron chi connectivity index (χ4n) is 4.36. The molecule has 5 rings (SSSR count). The summed E-state index contributed by atoms with van der Waals surface area (Å²) in [5.74, 6) is 1.58. The number of allylic oxidation sites excluding steroid dienone is 2. The molecule has 0 radical (unpaired) electrons. The van der Waals surface area contributed by atoms with Crippen LogP contribution < -0.4 is 5.32 Å². The van der Waals surface area contributed by atoms with Gasteiger partial charge in [-0.2, -0.15) is 4.98 Å². The first-order chi connectivity index (χ1) is 14.9. The Bertz CT molecular complexity index is 1190. The third-order valence-corrected chi connectivity index (χ3v) is 6.98. The average molecular weight is 451 g/mol. The lowest BCUT2D eigenvalue weighted by Crippen LogP contribution is -2.36. The van der Waals surface area contributed by atoms with Crippen LogP contribution in [0, 0.1) is 5.41 Å². The highest BCUT2D eigenvalue weighted by Crippen LogP contribution is 2.46. The Hall–Kier alpha value is -2.57. The van der Waals surface area contributed by atoms with Gasteiger partial charge in [0.2, 0.25) is 11.1 Å². The highest BCUT2D eigenvalue weighted by Gasteiger charge is 2.42. The minimum atomic E-state index is -0.373. The largest absolute Gasteiger partial charge is 0.328 e. The summed E-state index contributed by atoms with van der Waals surface area (Å²) in [5, 5.41) is 9.50. The van der Waals surface area contributed by atoms with Crippen LogP contribution in [-0.2, 0) is 10.5 Å². The predicted molar refractivity (Wildman–Crippen MR) is 124 cm³/mol. The molecule has 158 valence electrons. The Kier molecular flexibility index (Phi) is 5.15. The van der Waals surface area contributed by atoms with Gasteiger partial charge in [0.15, 0.2) is 5.78 Å². The Morgan fingerprint density at radius 3 is 2.65 bits per heavy atom. The van der Waals surface area contributed by atoms with Crippen molar-refractivity contribution in [2.75, 3.05) is 5.32 Å². The Labute approximate surface area is 190 Å². The quantitative estimate of drug-likeness (QED) is 0.503. The standard InChI is InChI=1S/C24H23ClN4OS/c1-24(2)12-18-20(19(30)13-24)21(16-10-6-7-11-17(16)25)29-22(26-18)27-23(28-29)31-14-15-8-4-3-5-9-15/h3-11,21H,12-14H2,1-2H3,(H,26,27,28)/t21-/m0/s1. The van der Waals surface area contributed by atoms with E-state index in [2.05, 4.69) is 31.3 Å². The van der Waals surface area contributed by atoms with Gasteiger partial charge in [0.1, 0.15) is 6.04 Å². The number of ketones is 1. The molecule has 2 aromatic carbocycles. The van der Waals surface area contributed by atoms with Gasteiger partial charge in [-0.3, -0.25) is 4.79 Å². The normalized spacial score (nSPS) is 19.6. The lowest BCUT2D eigenvalue weighted by Gasteiger charge is -2.38. The van der Waals surface area contributed by atoms with Crippen LogP contribution in [0.3, 0.4) is 0 Å². The second-order valence-electron chi connectivity index (χ2n) is 8.82. The zero-order valence-electron chi connectivity index (χ0n) is 17.4. The van der Waals surface area contributed by atoms with Crippen LogP contribution in [-0.4, -0.2) is 20.5 Å². The van der Waals surface area contributed by atoms with Crippen molar-refractivity contribution in [1.29, 1.82) is 0 Å². The maximum Gasteiger partial charge on any atom is 0.227 e. The molecule has 1 aliphatic heterocycles. The summed E-state index contributed by atoms with van der Waals surface area (Å²) in [4.78, 5) is 18.0. The summed E-state index contributed by atoms with van der Waals surface area (Å²) < 4.78 is 1.82. The van der Waals surface area contributed by atoms with Crippen LogP contribution in [0.15, 0.2) is 71.0 Å². The molecule has 1 aliphatic carbocycles. The number of nitrogens with one attached hydrogen (secondary N) is 1. The first-order valence-electron chi connectivity index (χ1n) is 10.3. The molecular weight excluding hydrogens is 428 g/mol. The fraction of sp³-hybridized carbons (Fsp3) is 0.292. The monoisotopic (exact) mass is 450 g/mol. The first-order valence-corrected chi connectivity index (χ1v) is 11.7. The van der Waals surface area contributed by atoms with Crippen molar-refractivity contribution in [3.8, 4) is 0 Å². The van der Waals surface area contributed by atoms with E-state index in [0.29, 0.717) is 22.5 Å². The van der Waals surface area contributed by atoms with Gasteiger partial charge in [-0.25, -0.2) is 4.68 Å². The minimum Gasteiger partial charge on any atom is -0.328 e. The van der Waals surface area contributed by atoms with E-state index in [-0.39, 0.29) is 17.2 Å². The minimum absolute atomic E-state index is 0.0962. The van der Waals surface area contributed by atoms with Crippen molar-refractivity contribution in [1.82, 2.24) is 14.8 Å². The van der Waals surface area contributed by atoms with Gasteiger partial charge in [-0.1, -0.05) is 85.7 Å². The maximum atomic E-state index is 13.3. The van der Waals surface area contributed by atoms with Crippen LogP contribution in [0.5, 0.6) is 0 Å². The number of fused-ring (bicyclic) bond motifs is 1. The van der Waals surface area contributed by atoms with Gasteiger partial charge in [0.25, 0.3) is 0 Å². The molecule has 0 amide bonds. The van der Waals surface area contributed by atoms with Crippen molar-refractivity contribution in [3.63, 3.8) is 0 Å². The number of carbonyl (C=O) groups is 1. The van der Waals surface area contributed by atoms with E-state index < -0.39 is 0 Å². The highest BCUT2D eigenvalue weighted by molar-refractivity contribution is 7.98. The number of aromatic nitrogens is 3. The molecular formula is C24H23ClN4OS. The van der Waals surface area contributed by atoms with E-state index in [1.165, 1.54) is 5.56 Å². The van der Waals surface area contributed by atoms with E-state index in [9.17, 15) is 4.79 Å². The summed E-state index contributed by atoms with van der Waals surface area (Å²) in [7, 11) is 0. The predicted octanol–water partition coefficient (Wildman–Crippen LogP) is 5.88. The number of hydrogen-bond donors (Lipinski definition) is 1. The fourth-order valence-corrected chi connectivity index (χ4v) is 5.38. The third kappa shape index (κ3) is 3.90. The SMILES string of the molecule is CC1(C)CC(=O)C2=C(C1)Nc1nc(SCc3ccccc3)nn1[C@H]2c1ccccc1Cl. The van der Waals surface area contributed by atoms with Crippen molar-refractivity contribution in [3.05, 3.63) is 82.0 Å². The molecule has 2 heterocycles. The number of hydrogen-bond acceptors (Lipinski definition) is 5. The van der Waals surface area contributed by atoms with E-state index in [0.717, 1.165) is 29.0 Å². The second-order valence-corrected chi connectivity index (χ2v) is 10.2. The number of rotatable bonds is 4. The lowest BCUT2D eigenvalue weighted by molar-refractivity contribution is -0.118. The lowest BCUT2D eigenvalue weighted by atomic mass is 9.73. The average Bonchev–Trinajstić information content (AvgIpc) is 3.14. The van der Waals surface area contributed by atoms with Crippen molar-refractivity contribution in [2.45, 2.75) is 43.6 Å². The van der Waals surface area contributed by atoms with Gasteiger partial charge in [0, 0.05) is 34.0 Å². The molecule has 0 bridgehead atoms. The molecule has 1 N–H and O–H groups in total. The molecule has 1 atom stereocenters. The van der Waals surface area contributed by atoms with Crippen LogP contribution in [0.4, 0.5) is 5.95 Å². The molecule has 2 aliphatic rings. The summed E-state index contributed by atoms with van der Waals surface area (Å²) in [6.45, 7) is 4.25. The van der Waals surface area contributed by atoms with Crippen LogP contribution in [0.2, 0.25) is 5.02 Å². The highest BCUT2D eigenvalue weighted by atomic mass is 35.5. The number of thioether (sulfide) groups is 1. The van der Waals surface area contributed by atoms with Crippen LogP contribution in [0.1, 0.15) is 43.9 Å². The number of halogens is 1. The second kappa shape index (κ2) is 7.84. The zero-order chi connectivity index (χ0) is 21.6.